The Morgan fingerprint density at radius 1 is 1.19 bits per heavy atom. The summed E-state index contributed by atoms with van der Waals surface area (Å²) in [5.74, 6) is 0.637. The summed E-state index contributed by atoms with van der Waals surface area (Å²) in [7, 11) is 0. The molecule has 0 aliphatic carbocycles. The highest BCUT2D eigenvalue weighted by atomic mass is 35.5. The zero-order valence-electron chi connectivity index (χ0n) is 17.2. The molecular formula is C23H21ClF3N3O2. The quantitative estimate of drug-likeness (QED) is 0.473. The predicted molar refractivity (Wildman–Crippen MR) is 115 cm³/mol. The first kappa shape index (κ1) is 22.2. The smallest absolute Gasteiger partial charge is 0.359 e. The second kappa shape index (κ2) is 8.86. The molecule has 3 aromatic rings. The first-order valence-electron chi connectivity index (χ1n) is 10.2. The molecule has 4 rings (SSSR count). The van der Waals surface area contributed by atoms with Gasteiger partial charge in [0.15, 0.2) is 5.76 Å². The fourth-order valence-electron chi connectivity index (χ4n) is 3.91. The van der Waals surface area contributed by atoms with E-state index in [-0.39, 0.29) is 6.04 Å². The van der Waals surface area contributed by atoms with E-state index in [0.29, 0.717) is 35.9 Å². The number of carbonyl (C=O) groups is 1. The van der Waals surface area contributed by atoms with Crippen LogP contribution in [0.15, 0.2) is 53.1 Å². The largest absolute Gasteiger partial charge is 0.416 e. The number of urea groups is 1. The van der Waals surface area contributed by atoms with Crippen molar-refractivity contribution in [2.45, 2.75) is 38.4 Å². The highest BCUT2D eigenvalue weighted by Crippen LogP contribution is 2.36. The summed E-state index contributed by atoms with van der Waals surface area (Å²) in [5, 5.41) is 7.46. The van der Waals surface area contributed by atoms with E-state index < -0.39 is 17.8 Å². The number of amides is 2. The number of alkyl halides is 3. The van der Waals surface area contributed by atoms with Gasteiger partial charge in [0.1, 0.15) is 0 Å². The number of nitrogens with one attached hydrogen (secondary N) is 1. The van der Waals surface area contributed by atoms with E-state index in [1.54, 1.807) is 4.90 Å². The molecule has 1 aliphatic rings. The van der Waals surface area contributed by atoms with Crippen LogP contribution in [-0.4, -0.2) is 22.6 Å². The van der Waals surface area contributed by atoms with Gasteiger partial charge in [0, 0.05) is 29.2 Å². The fourth-order valence-corrected chi connectivity index (χ4v) is 4.04. The minimum Gasteiger partial charge on any atom is -0.359 e. The number of rotatable bonds is 4. The number of nitrogens with zero attached hydrogens (tertiary/aromatic N) is 2. The summed E-state index contributed by atoms with van der Waals surface area (Å²) in [6.45, 7) is 2.37. The number of aromatic nitrogens is 1. The summed E-state index contributed by atoms with van der Waals surface area (Å²) in [6.07, 6.45) is -2.34. The van der Waals surface area contributed by atoms with Gasteiger partial charge in [0.2, 0.25) is 0 Å². The first-order chi connectivity index (χ1) is 15.2. The average Bonchev–Trinajstić information content (AvgIpc) is 3.36. The van der Waals surface area contributed by atoms with Crippen molar-refractivity contribution in [2.75, 3.05) is 11.9 Å². The normalized spacial score (nSPS) is 16.4. The van der Waals surface area contributed by atoms with Crippen LogP contribution in [0.25, 0.3) is 0 Å². The van der Waals surface area contributed by atoms with Crippen LogP contribution in [0.3, 0.4) is 0 Å². The van der Waals surface area contributed by atoms with Crippen LogP contribution < -0.4 is 5.32 Å². The molecule has 32 heavy (non-hydrogen) atoms. The second-order valence-corrected chi connectivity index (χ2v) is 8.21. The van der Waals surface area contributed by atoms with E-state index in [0.717, 1.165) is 35.4 Å². The highest BCUT2D eigenvalue weighted by molar-refractivity contribution is 6.30. The van der Waals surface area contributed by atoms with Gasteiger partial charge in [-0.1, -0.05) is 28.9 Å². The van der Waals surface area contributed by atoms with E-state index in [4.69, 9.17) is 16.1 Å². The van der Waals surface area contributed by atoms with Gasteiger partial charge >= 0.3 is 12.2 Å². The molecule has 168 valence electrons. The Labute approximate surface area is 188 Å². The van der Waals surface area contributed by atoms with Crippen LogP contribution in [-0.2, 0) is 12.6 Å². The molecule has 1 aromatic heterocycles. The van der Waals surface area contributed by atoms with Gasteiger partial charge in [0.25, 0.3) is 0 Å². The Hall–Kier alpha value is -3.00. The van der Waals surface area contributed by atoms with Crippen molar-refractivity contribution in [3.63, 3.8) is 0 Å². The molecule has 2 aromatic carbocycles. The minimum atomic E-state index is -4.42. The molecule has 1 N–H and O–H groups in total. The summed E-state index contributed by atoms with van der Waals surface area (Å²) in [5.41, 5.74) is 2.25. The van der Waals surface area contributed by atoms with Crippen LogP contribution in [0.1, 0.15) is 47.0 Å². The third-order valence-corrected chi connectivity index (χ3v) is 5.84. The van der Waals surface area contributed by atoms with Gasteiger partial charge in [-0.3, -0.25) is 0 Å². The average molecular weight is 464 g/mol. The molecule has 5 nitrogen and oxygen atoms in total. The molecule has 1 saturated heterocycles. The maximum atomic E-state index is 12.9. The van der Waals surface area contributed by atoms with Gasteiger partial charge in [0.05, 0.1) is 17.3 Å². The van der Waals surface area contributed by atoms with E-state index in [9.17, 15) is 18.0 Å². The summed E-state index contributed by atoms with van der Waals surface area (Å²) < 4.78 is 43.9. The molecule has 0 saturated carbocycles. The molecule has 0 bridgehead atoms. The monoisotopic (exact) mass is 463 g/mol. The van der Waals surface area contributed by atoms with Gasteiger partial charge in [-0.2, -0.15) is 13.2 Å². The summed E-state index contributed by atoms with van der Waals surface area (Å²) >= 11 is 5.97. The fraction of sp³-hybridized carbons (Fsp3) is 0.304. The molecule has 1 atom stereocenters. The lowest BCUT2D eigenvalue weighted by molar-refractivity contribution is -0.137. The van der Waals surface area contributed by atoms with Crippen molar-refractivity contribution in [2.24, 2.45) is 0 Å². The van der Waals surface area contributed by atoms with Gasteiger partial charge in [-0.25, -0.2) is 4.79 Å². The predicted octanol–water partition coefficient (Wildman–Crippen LogP) is 6.62. The van der Waals surface area contributed by atoms with E-state index in [2.05, 4.69) is 10.5 Å². The molecule has 0 spiro atoms. The maximum absolute atomic E-state index is 12.9. The third-order valence-electron chi connectivity index (χ3n) is 5.59. The van der Waals surface area contributed by atoms with Crippen molar-refractivity contribution in [1.82, 2.24) is 10.1 Å². The molecule has 9 heteroatoms. The second-order valence-electron chi connectivity index (χ2n) is 7.77. The van der Waals surface area contributed by atoms with Crippen molar-refractivity contribution in [1.29, 1.82) is 0 Å². The number of anilines is 1. The Bertz CT molecular complexity index is 1100. The summed E-state index contributed by atoms with van der Waals surface area (Å²) in [4.78, 5) is 14.6. The van der Waals surface area contributed by atoms with Gasteiger partial charge in [-0.05, 0) is 61.7 Å². The molecule has 2 amide bonds. The minimum absolute atomic E-state index is 0.295. The Morgan fingerprint density at radius 2 is 1.88 bits per heavy atom. The van der Waals surface area contributed by atoms with Crippen molar-refractivity contribution >= 4 is 23.3 Å². The number of carbonyl (C=O) groups excluding carboxylic acids is 1. The summed E-state index contributed by atoms with van der Waals surface area (Å²) in [6, 6.07) is 11.2. The molecular weight excluding hydrogens is 443 g/mol. The van der Waals surface area contributed by atoms with E-state index in [1.807, 2.05) is 31.2 Å². The van der Waals surface area contributed by atoms with E-state index >= 15 is 0 Å². The Kier molecular flexibility index (Phi) is 6.15. The van der Waals surface area contributed by atoms with E-state index in [1.165, 1.54) is 12.1 Å². The maximum Gasteiger partial charge on any atom is 0.416 e. The van der Waals surface area contributed by atoms with Crippen LogP contribution in [0, 0.1) is 6.92 Å². The molecule has 1 aliphatic heterocycles. The molecule has 0 radical (unpaired) electrons. The third kappa shape index (κ3) is 4.75. The van der Waals surface area contributed by atoms with Gasteiger partial charge < -0.3 is 14.7 Å². The van der Waals surface area contributed by atoms with Crippen LogP contribution in [0.4, 0.5) is 23.7 Å². The zero-order chi connectivity index (χ0) is 22.9. The Balaban J connectivity index is 1.51. The lowest BCUT2D eigenvalue weighted by Gasteiger charge is -2.24. The van der Waals surface area contributed by atoms with Crippen LogP contribution in [0.5, 0.6) is 0 Å². The molecule has 1 fully saturated rings. The number of halogens is 4. The van der Waals surface area contributed by atoms with Crippen LogP contribution in [0.2, 0.25) is 5.02 Å². The zero-order valence-corrected chi connectivity index (χ0v) is 18.0. The SMILES string of the molecule is Cc1noc([C@H]2CCCN2C(=O)Nc2ccc(C(F)(F)F)cc2)c1Cc1ccc(Cl)cc1. The molecule has 2 heterocycles. The number of aryl methyl sites for hydroxylation is 1. The lowest BCUT2D eigenvalue weighted by Crippen LogP contribution is -2.34. The lowest BCUT2D eigenvalue weighted by atomic mass is 9.99. The number of hydrogen-bond acceptors (Lipinski definition) is 3. The first-order valence-corrected chi connectivity index (χ1v) is 10.5. The van der Waals surface area contributed by atoms with Gasteiger partial charge in [-0.15, -0.1) is 0 Å². The van der Waals surface area contributed by atoms with Crippen molar-refractivity contribution in [3.8, 4) is 0 Å². The van der Waals surface area contributed by atoms with Crippen LogP contribution >= 0.6 is 11.6 Å². The Morgan fingerprint density at radius 3 is 2.53 bits per heavy atom. The standard InChI is InChI=1S/C23H21ClF3N3O2/c1-14-19(13-15-4-8-17(24)9-5-15)21(32-29-14)20-3-2-12-30(20)22(31)28-18-10-6-16(7-11-18)23(25,26)27/h4-11,20H,2-3,12-13H2,1H3,(H,28,31)/t20-/m1/s1. The molecule has 0 unspecified atom stereocenters. The number of likely N-dealkylation sites (tertiary alicyclic amines) is 1. The van der Waals surface area contributed by atoms with Crippen molar-refractivity contribution < 1.29 is 22.5 Å². The topological polar surface area (TPSA) is 58.4 Å². The number of hydrogen-bond donors (Lipinski definition) is 1. The highest BCUT2D eigenvalue weighted by Gasteiger charge is 2.35. The van der Waals surface area contributed by atoms with Crippen molar-refractivity contribution in [3.05, 3.63) is 81.7 Å². The number of benzene rings is 2.